The van der Waals surface area contributed by atoms with E-state index in [-0.39, 0.29) is 47.6 Å². The molecule has 0 unspecified atom stereocenters. The molecule has 4 aliphatic rings. The highest BCUT2D eigenvalue weighted by molar-refractivity contribution is 6.41. The SMILES string of the molecule is [B]c1cc(C[C@@H](OC(=O)N2CCC(N3CCc4ccccc4NC3=O)CC2)C(=O)N2CCC(C3CCN(CC(=O)NO)CC3)CC2)cc([B])c1O. The van der Waals surface area contributed by atoms with Crippen molar-refractivity contribution in [3.63, 3.8) is 0 Å². The molecule has 0 aliphatic carbocycles. The maximum atomic E-state index is 14.0. The third-order valence-electron chi connectivity index (χ3n) is 11.1. The van der Waals surface area contributed by atoms with Gasteiger partial charge in [-0.25, -0.2) is 15.1 Å². The topological polar surface area (TPSA) is 155 Å². The van der Waals surface area contributed by atoms with Gasteiger partial charge in [0.15, 0.2) is 6.10 Å². The van der Waals surface area contributed by atoms with Crippen molar-refractivity contribution in [3.8, 4) is 5.75 Å². The molecule has 4 radical (unpaired) electrons. The van der Waals surface area contributed by atoms with Crippen molar-refractivity contribution in [1.29, 1.82) is 0 Å². The van der Waals surface area contributed by atoms with Crippen LogP contribution in [0.25, 0.3) is 0 Å². The van der Waals surface area contributed by atoms with Crippen molar-refractivity contribution in [3.05, 3.63) is 47.5 Å². The predicted molar refractivity (Wildman–Crippen MR) is 192 cm³/mol. The van der Waals surface area contributed by atoms with Crippen LogP contribution in [-0.2, 0) is 27.2 Å². The zero-order valence-electron chi connectivity index (χ0n) is 29.0. The Morgan fingerprint density at radius 2 is 1.49 bits per heavy atom. The van der Waals surface area contributed by atoms with Gasteiger partial charge in [-0.2, -0.15) is 0 Å². The number of nitrogens with zero attached hydrogens (tertiary/aromatic N) is 4. The second-order valence-electron chi connectivity index (χ2n) is 14.3. The second-order valence-corrected chi connectivity index (χ2v) is 14.3. The van der Waals surface area contributed by atoms with Gasteiger partial charge in [-0.05, 0) is 87.1 Å². The molecule has 4 heterocycles. The Balaban J connectivity index is 1.06. The quantitative estimate of drug-likeness (QED) is 0.182. The van der Waals surface area contributed by atoms with E-state index in [1.807, 2.05) is 34.1 Å². The van der Waals surface area contributed by atoms with Gasteiger partial charge in [-0.15, -0.1) is 0 Å². The number of urea groups is 1. The molecule has 4 N–H and O–H groups in total. The molecule has 0 saturated carbocycles. The summed E-state index contributed by atoms with van der Waals surface area (Å²) in [5.41, 5.74) is 4.34. The fourth-order valence-electron chi connectivity index (χ4n) is 8.17. The standard InChI is InChI=1S/C36H46B2N6O7/c37-28-19-23(20-29(38)33(28)46)21-31(34(47)42-14-7-25(8-15-42)24-5-12-41(13-6-24)22-32(45)40-50)51-36(49)43-16-10-27(11-17-43)44-18-9-26-3-1-2-4-30(26)39-35(44)48/h1-4,19-20,24-25,27,31,46,50H,5-18,21-22H2,(H,39,48)(H,40,45)/t31-/m1/s1. The van der Waals surface area contributed by atoms with E-state index in [9.17, 15) is 24.3 Å². The van der Waals surface area contributed by atoms with E-state index >= 15 is 0 Å². The van der Waals surface area contributed by atoms with Crippen LogP contribution in [0.15, 0.2) is 36.4 Å². The molecule has 2 aromatic carbocycles. The number of hydroxylamine groups is 1. The van der Waals surface area contributed by atoms with E-state index in [1.54, 1.807) is 27.4 Å². The van der Waals surface area contributed by atoms with E-state index in [0.29, 0.717) is 63.0 Å². The molecule has 1 atom stereocenters. The van der Waals surface area contributed by atoms with Crippen LogP contribution in [0.2, 0.25) is 0 Å². The Hall–Kier alpha value is -4.23. The summed E-state index contributed by atoms with van der Waals surface area (Å²) in [5.74, 6) is 0.0139. The molecule has 0 bridgehead atoms. The lowest BCUT2D eigenvalue weighted by atomic mass is 9.78. The highest BCUT2D eigenvalue weighted by atomic mass is 16.6. The first-order valence-electron chi connectivity index (χ1n) is 18.0. The van der Waals surface area contributed by atoms with Gasteiger partial charge in [0.1, 0.15) is 21.4 Å². The first-order chi connectivity index (χ1) is 24.6. The van der Waals surface area contributed by atoms with Gasteiger partial charge in [-0.1, -0.05) is 41.3 Å². The molecule has 13 nitrogen and oxygen atoms in total. The number of nitrogens with one attached hydrogen (secondary N) is 2. The van der Waals surface area contributed by atoms with Gasteiger partial charge in [0.2, 0.25) is 0 Å². The molecule has 4 aliphatic heterocycles. The van der Waals surface area contributed by atoms with Crippen molar-refractivity contribution < 1.29 is 34.2 Å². The van der Waals surface area contributed by atoms with Crippen molar-refractivity contribution in [2.24, 2.45) is 11.8 Å². The minimum Gasteiger partial charge on any atom is -0.509 e. The zero-order chi connectivity index (χ0) is 36.1. The molecular formula is C36H46B2N6O7. The third kappa shape index (κ3) is 8.81. The number of aromatic hydroxyl groups is 1. The number of piperidine rings is 3. The van der Waals surface area contributed by atoms with E-state index in [1.165, 1.54) is 0 Å². The average molecular weight is 696 g/mol. The number of fused-ring (bicyclic) bond motifs is 1. The molecule has 6 rings (SSSR count). The van der Waals surface area contributed by atoms with Crippen molar-refractivity contribution in [1.82, 2.24) is 25.1 Å². The molecule has 5 amide bonds. The number of hydrogen-bond donors (Lipinski definition) is 4. The smallest absolute Gasteiger partial charge is 0.410 e. The molecule has 2 aromatic rings. The normalized spacial score (nSPS) is 20.3. The summed E-state index contributed by atoms with van der Waals surface area (Å²) in [4.78, 5) is 59.5. The molecule has 15 heteroatoms. The van der Waals surface area contributed by atoms with Gasteiger partial charge in [0.05, 0.1) is 6.54 Å². The Labute approximate surface area is 301 Å². The second kappa shape index (κ2) is 16.4. The van der Waals surface area contributed by atoms with Crippen LogP contribution in [0.3, 0.4) is 0 Å². The monoisotopic (exact) mass is 696 g/mol. The van der Waals surface area contributed by atoms with Crippen LogP contribution < -0.4 is 21.7 Å². The van der Waals surface area contributed by atoms with Gasteiger partial charge < -0.3 is 29.9 Å². The molecule has 268 valence electrons. The van der Waals surface area contributed by atoms with Gasteiger partial charge in [0, 0.05) is 50.9 Å². The summed E-state index contributed by atoms with van der Waals surface area (Å²) in [6.07, 6.45) is 3.82. The largest absolute Gasteiger partial charge is 0.509 e. The van der Waals surface area contributed by atoms with Crippen molar-refractivity contribution in [2.75, 3.05) is 57.7 Å². The Kier molecular flexibility index (Phi) is 11.8. The fourth-order valence-corrected chi connectivity index (χ4v) is 8.17. The Morgan fingerprint density at radius 1 is 0.882 bits per heavy atom. The Bertz CT molecular complexity index is 1570. The molecule has 3 saturated heterocycles. The maximum absolute atomic E-state index is 14.0. The van der Waals surface area contributed by atoms with Crippen LogP contribution >= 0.6 is 0 Å². The number of anilines is 1. The molecule has 0 aromatic heterocycles. The number of carbonyl (C=O) groups is 4. The highest BCUT2D eigenvalue weighted by Gasteiger charge is 2.37. The molecular weight excluding hydrogens is 650 g/mol. The molecule has 0 spiro atoms. The van der Waals surface area contributed by atoms with E-state index in [4.69, 9.17) is 25.6 Å². The number of likely N-dealkylation sites (tertiary alicyclic amines) is 3. The number of rotatable bonds is 8. The summed E-state index contributed by atoms with van der Waals surface area (Å²) >= 11 is 0. The maximum Gasteiger partial charge on any atom is 0.410 e. The summed E-state index contributed by atoms with van der Waals surface area (Å²) in [7, 11) is 11.9. The number of phenols is 1. The van der Waals surface area contributed by atoms with Crippen LogP contribution in [0.1, 0.15) is 49.7 Å². The summed E-state index contributed by atoms with van der Waals surface area (Å²) < 4.78 is 5.98. The van der Waals surface area contributed by atoms with Crippen LogP contribution in [-0.4, -0.2) is 134 Å². The van der Waals surface area contributed by atoms with Gasteiger partial charge in [-0.3, -0.25) is 19.7 Å². The molecule has 51 heavy (non-hydrogen) atoms. The minimum absolute atomic E-state index is 0.0303. The number of benzene rings is 2. The number of amides is 5. The first-order valence-corrected chi connectivity index (χ1v) is 18.0. The highest BCUT2D eigenvalue weighted by Crippen LogP contribution is 2.33. The van der Waals surface area contributed by atoms with E-state index < -0.39 is 18.1 Å². The fraction of sp³-hybridized carbons (Fsp3) is 0.556. The van der Waals surface area contributed by atoms with Crippen LogP contribution in [0.4, 0.5) is 15.3 Å². The van der Waals surface area contributed by atoms with Crippen LogP contribution in [0.5, 0.6) is 5.75 Å². The van der Waals surface area contributed by atoms with Crippen LogP contribution in [0, 0.1) is 11.8 Å². The first kappa shape index (κ1) is 36.6. The number of ether oxygens (including phenoxy) is 1. The lowest BCUT2D eigenvalue weighted by molar-refractivity contribution is -0.142. The van der Waals surface area contributed by atoms with Crippen molar-refractivity contribution >= 4 is 56.2 Å². The third-order valence-corrected chi connectivity index (χ3v) is 11.1. The number of para-hydroxylation sites is 1. The predicted octanol–water partition coefficient (Wildman–Crippen LogP) is 1.04. The van der Waals surface area contributed by atoms with E-state index in [2.05, 4.69) is 5.32 Å². The summed E-state index contributed by atoms with van der Waals surface area (Å²) in [6, 6.07) is 10.7. The number of phenolic OH excluding ortho intramolecular Hbond substituents is 1. The van der Waals surface area contributed by atoms with Gasteiger partial charge >= 0.3 is 12.1 Å². The lowest BCUT2D eigenvalue weighted by Crippen LogP contribution is -2.52. The number of carbonyl (C=O) groups excluding carboxylic acids is 4. The average Bonchev–Trinajstić information content (AvgIpc) is 3.31. The number of hydrogen-bond acceptors (Lipinski definition) is 8. The zero-order valence-corrected chi connectivity index (χ0v) is 29.0. The van der Waals surface area contributed by atoms with E-state index in [0.717, 1.165) is 56.4 Å². The van der Waals surface area contributed by atoms with Gasteiger partial charge in [0.25, 0.3) is 11.8 Å². The lowest BCUT2D eigenvalue weighted by Gasteiger charge is -2.41. The Morgan fingerprint density at radius 3 is 2.14 bits per heavy atom. The summed E-state index contributed by atoms with van der Waals surface area (Å²) in [5, 5.41) is 22.0. The summed E-state index contributed by atoms with van der Waals surface area (Å²) in [6.45, 7) is 4.18. The van der Waals surface area contributed by atoms with Crippen molar-refractivity contribution in [2.45, 2.75) is 63.5 Å². The molecule has 3 fully saturated rings. The minimum atomic E-state index is -1.12.